The average molecular weight is 427 g/mol. The van der Waals surface area contributed by atoms with Gasteiger partial charge in [0.1, 0.15) is 0 Å². The van der Waals surface area contributed by atoms with E-state index in [2.05, 4.69) is 4.98 Å². The summed E-state index contributed by atoms with van der Waals surface area (Å²) in [5.74, 6) is 0.580. The zero-order valence-electron chi connectivity index (χ0n) is 17.6. The third-order valence-electron chi connectivity index (χ3n) is 5.25. The lowest BCUT2D eigenvalue weighted by Crippen LogP contribution is -2.45. The number of oxazole rings is 1. The van der Waals surface area contributed by atoms with Crippen molar-refractivity contribution in [2.75, 3.05) is 18.0 Å². The largest absolute Gasteiger partial charge is 0.419 e. The lowest BCUT2D eigenvalue weighted by Gasteiger charge is -2.35. The molecule has 2 atom stereocenters. The van der Waals surface area contributed by atoms with Gasteiger partial charge < -0.3 is 14.1 Å². The van der Waals surface area contributed by atoms with Crippen LogP contribution in [0.2, 0.25) is 0 Å². The van der Waals surface area contributed by atoms with E-state index in [1.807, 2.05) is 56.9 Å². The van der Waals surface area contributed by atoms with Gasteiger partial charge in [-0.1, -0.05) is 35.9 Å². The number of morpholine rings is 1. The second-order valence-electron chi connectivity index (χ2n) is 7.92. The quantitative estimate of drug-likeness (QED) is 0.616. The molecule has 1 saturated heterocycles. The summed E-state index contributed by atoms with van der Waals surface area (Å²) in [6.07, 6.45) is -0.0913. The van der Waals surface area contributed by atoms with Crippen LogP contribution in [-0.4, -0.2) is 38.7 Å². The van der Waals surface area contributed by atoms with E-state index in [1.54, 1.807) is 24.3 Å². The predicted octanol–water partition coefficient (Wildman–Crippen LogP) is 4.40. The molecule has 158 valence electrons. The molecule has 0 bridgehead atoms. The molecule has 0 aliphatic carbocycles. The molecule has 1 aliphatic heterocycles. The third-order valence-corrected chi connectivity index (χ3v) is 6.92. The van der Waals surface area contributed by atoms with Crippen molar-refractivity contribution in [3.05, 3.63) is 59.7 Å². The number of hydrogen-bond acceptors (Lipinski definition) is 6. The van der Waals surface area contributed by atoms with Crippen LogP contribution in [0.25, 0.3) is 11.5 Å². The summed E-state index contributed by atoms with van der Waals surface area (Å²) < 4.78 is 39.0. The molecule has 30 heavy (non-hydrogen) atoms. The van der Waals surface area contributed by atoms with Gasteiger partial charge in [-0.15, -0.1) is 0 Å². The summed E-state index contributed by atoms with van der Waals surface area (Å²) in [5.41, 5.74) is 2.73. The van der Waals surface area contributed by atoms with Crippen molar-refractivity contribution in [2.45, 2.75) is 49.8 Å². The Labute approximate surface area is 177 Å². The number of ether oxygens (including phenoxy) is 1. The van der Waals surface area contributed by atoms with Crippen LogP contribution in [0.4, 0.5) is 5.88 Å². The Morgan fingerprint density at radius 1 is 0.967 bits per heavy atom. The molecular formula is C23H26N2O4S. The van der Waals surface area contributed by atoms with Gasteiger partial charge in [0.2, 0.25) is 26.6 Å². The Bertz CT molecular complexity index is 1140. The van der Waals surface area contributed by atoms with Crippen molar-refractivity contribution in [3.8, 4) is 11.5 Å². The van der Waals surface area contributed by atoms with Crippen molar-refractivity contribution in [3.63, 3.8) is 0 Å². The highest BCUT2D eigenvalue weighted by molar-refractivity contribution is 7.91. The van der Waals surface area contributed by atoms with Crippen LogP contribution in [0, 0.1) is 13.8 Å². The smallest absolute Gasteiger partial charge is 0.236 e. The van der Waals surface area contributed by atoms with E-state index in [9.17, 15) is 8.42 Å². The molecule has 0 amide bonds. The number of hydrogen-bond donors (Lipinski definition) is 0. The summed E-state index contributed by atoms with van der Waals surface area (Å²) in [7, 11) is -3.86. The highest BCUT2D eigenvalue weighted by atomic mass is 32.2. The summed E-state index contributed by atoms with van der Waals surface area (Å²) in [6.45, 7) is 8.87. The Hall–Kier alpha value is -2.64. The fourth-order valence-corrected chi connectivity index (χ4v) is 5.10. The third kappa shape index (κ3) is 3.87. The maximum absolute atomic E-state index is 13.5. The van der Waals surface area contributed by atoms with Crippen molar-refractivity contribution in [2.24, 2.45) is 0 Å². The van der Waals surface area contributed by atoms with Gasteiger partial charge in [0, 0.05) is 18.7 Å². The Kier molecular flexibility index (Phi) is 5.42. The number of anilines is 1. The number of nitrogens with zero attached hydrogens (tertiary/aromatic N) is 2. The summed E-state index contributed by atoms with van der Waals surface area (Å²) >= 11 is 0. The first kappa shape index (κ1) is 20.6. The standard InChI is InChI=1S/C23H26N2O4S/c1-15-9-11-19(12-10-15)30(26,27)22-23(25-13-17(3)28-18(4)14-25)29-21(24-22)20-8-6-5-7-16(20)2/h5-12,17-18H,13-14H2,1-4H3/t17-,18-/m1/s1. The average Bonchev–Trinajstić information content (AvgIpc) is 3.14. The molecule has 0 spiro atoms. The normalized spacial score (nSPS) is 19.8. The lowest BCUT2D eigenvalue weighted by atomic mass is 10.1. The molecule has 1 aliphatic rings. The molecule has 0 unspecified atom stereocenters. The maximum Gasteiger partial charge on any atom is 0.236 e. The van der Waals surface area contributed by atoms with Crippen molar-refractivity contribution in [1.29, 1.82) is 0 Å². The van der Waals surface area contributed by atoms with E-state index in [4.69, 9.17) is 9.15 Å². The Morgan fingerprint density at radius 3 is 2.23 bits per heavy atom. The van der Waals surface area contributed by atoms with E-state index in [0.717, 1.165) is 16.7 Å². The molecule has 0 N–H and O–H groups in total. The predicted molar refractivity (Wildman–Crippen MR) is 116 cm³/mol. The summed E-state index contributed by atoms with van der Waals surface area (Å²) in [5, 5.41) is -0.0501. The highest BCUT2D eigenvalue weighted by Crippen LogP contribution is 2.36. The van der Waals surface area contributed by atoms with Gasteiger partial charge in [0.15, 0.2) is 0 Å². The SMILES string of the molecule is Cc1ccc(S(=O)(=O)c2nc(-c3ccccc3C)oc2N2C[C@@H](C)O[C@H](C)C2)cc1. The van der Waals surface area contributed by atoms with Crippen LogP contribution in [0.15, 0.2) is 62.9 Å². The number of rotatable bonds is 4. The van der Waals surface area contributed by atoms with Crippen molar-refractivity contribution >= 4 is 15.7 Å². The molecule has 0 saturated carbocycles. The molecule has 1 aromatic heterocycles. The number of aryl methyl sites for hydroxylation is 2. The van der Waals surface area contributed by atoms with Crippen LogP contribution in [0.3, 0.4) is 0 Å². The van der Waals surface area contributed by atoms with Gasteiger partial charge in [0.05, 0.1) is 17.1 Å². The Morgan fingerprint density at radius 2 is 1.60 bits per heavy atom. The topological polar surface area (TPSA) is 72.6 Å². The van der Waals surface area contributed by atoms with Crippen molar-refractivity contribution in [1.82, 2.24) is 4.98 Å². The van der Waals surface area contributed by atoms with Crippen LogP contribution in [0.1, 0.15) is 25.0 Å². The van der Waals surface area contributed by atoms with Crippen molar-refractivity contribution < 1.29 is 17.6 Å². The molecular weight excluding hydrogens is 400 g/mol. The molecule has 0 radical (unpaired) electrons. The van der Waals surface area contributed by atoms with Gasteiger partial charge in [0.25, 0.3) is 0 Å². The van der Waals surface area contributed by atoms with Crippen LogP contribution < -0.4 is 4.90 Å². The minimum Gasteiger partial charge on any atom is -0.419 e. The van der Waals surface area contributed by atoms with Gasteiger partial charge >= 0.3 is 0 Å². The monoisotopic (exact) mass is 426 g/mol. The number of benzene rings is 2. The highest BCUT2D eigenvalue weighted by Gasteiger charge is 2.34. The summed E-state index contributed by atoms with van der Waals surface area (Å²) in [4.78, 5) is 6.63. The molecule has 2 aromatic carbocycles. The number of sulfone groups is 1. The minimum absolute atomic E-state index is 0.0457. The first-order valence-electron chi connectivity index (χ1n) is 10.0. The van der Waals surface area contributed by atoms with Crippen LogP contribution in [-0.2, 0) is 14.6 Å². The van der Waals surface area contributed by atoms with Gasteiger partial charge in [-0.05, 0) is 51.5 Å². The first-order valence-corrected chi connectivity index (χ1v) is 11.5. The summed E-state index contributed by atoms with van der Waals surface area (Å²) in [6, 6.07) is 14.4. The molecule has 1 fully saturated rings. The van der Waals surface area contributed by atoms with Crippen LogP contribution >= 0.6 is 0 Å². The Balaban J connectivity index is 1.87. The molecule has 4 rings (SSSR count). The molecule has 3 aromatic rings. The number of aromatic nitrogens is 1. The van der Waals surface area contributed by atoms with Gasteiger partial charge in [-0.3, -0.25) is 0 Å². The maximum atomic E-state index is 13.5. The fourth-order valence-electron chi connectivity index (χ4n) is 3.77. The van der Waals surface area contributed by atoms with E-state index in [1.165, 1.54) is 0 Å². The molecule has 6 nitrogen and oxygen atoms in total. The van der Waals surface area contributed by atoms with E-state index < -0.39 is 9.84 Å². The van der Waals surface area contributed by atoms with E-state index >= 15 is 0 Å². The molecule has 7 heteroatoms. The van der Waals surface area contributed by atoms with E-state index in [0.29, 0.717) is 19.0 Å². The lowest BCUT2D eigenvalue weighted by molar-refractivity contribution is -0.00657. The van der Waals surface area contributed by atoms with Gasteiger partial charge in [-0.25, -0.2) is 8.42 Å². The first-order chi connectivity index (χ1) is 14.3. The molecule has 2 heterocycles. The zero-order chi connectivity index (χ0) is 21.5. The second kappa shape index (κ2) is 7.89. The zero-order valence-corrected chi connectivity index (χ0v) is 18.4. The van der Waals surface area contributed by atoms with E-state index in [-0.39, 0.29) is 28.0 Å². The fraction of sp³-hybridized carbons (Fsp3) is 0.348. The second-order valence-corrected chi connectivity index (χ2v) is 9.79. The minimum atomic E-state index is -3.86. The van der Waals surface area contributed by atoms with Crippen LogP contribution in [0.5, 0.6) is 0 Å². The van der Waals surface area contributed by atoms with Gasteiger partial charge in [-0.2, -0.15) is 4.98 Å².